The summed E-state index contributed by atoms with van der Waals surface area (Å²) in [6, 6.07) is 12.8. The smallest absolute Gasteiger partial charge is 0.236 e. The largest absolute Gasteiger partial charge is 0.497 e. The van der Waals surface area contributed by atoms with Crippen LogP contribution in [0.2, 0.25) is 0 Å². The van der Waals surface area contributed by atoms with Crippen LogP contribution in [0.3, 0.4) is 0 Å². The molecule has 0 N–H and O–H groups in total. The lowest BCUT2D eigenvalue weighted by molar-refractivity contribution is -0.128. The summed E-state index contributed by atoms with van der Waals surface area (Å²) >= 11 is 1.43. The van der Waals surface area contributed by atoms with Crippen molar-refractivity contribution in [1.29, 1.82) is 0 Å². The van der Waals surface area contributed by atoms with Gasteiger partial charge in [-0.05, 0) is 42.8 Å². The van der Waals surface area contributed by atoms with Crippen molar-refractivity contribution in [1.82, 2.24) is 15.0 Å². The Morgan fingerprint density at radius 1 is 1.16 bits per heavy atom. The minimum Gasteiger partial charge on any atom is -0.497 e. The maximum absolute atomic E-state index is 13.8. The zero-order chi connectivity index (χ0) is 22.5. The van der Waals surface area contributed by atoms with E-state index in [2.05, 4.69) is 15.0 Å². The number of anilines is 1. The first-order valence-electron chi connectivity index (χ1n) is 10.4. The highest BCUT2D eigenvalue weighted by Gasteiger charge is 2.21. The van der Waals surface area contributed by atoms with Crippen molar-refractivity contribution >= 4 is 23.4 Å². The van der Waals surface area contributed by atoms with Crippen molar-refractivity contribution < 1.29 is 18.4 Å². The molecule has 3 aromatic rings. The summed E-state index contributed by atoms with van der Waals surface area (Å²) in [5.41, 5.74) is 2.27. The summed E-state index contributed by atoms with van der Waals surface area (Å²) in [7, 11) is 1.65. The van der Waals surface area contributed by atoms with Gasteiger partial charge < -0.3 is 19.1 Å². The van der Waals surface area contributed by atoms with Gasteiger partial charge in [-0.1, -0.05) is 17.3 Å². The number of carbonyl (C=O) groups excluding carboxylic acids is 1. The van der Waals surface area contributed by atoms with Gasteiger partial charge in [0.1, 0.15) is 11.6 Å². The van der Waals surface area contributed by atoms with Crippen molar-refractivity contribution in [2.45, 2.75) is 12.7 Å². The van der Waals surface area contributed by atoms with Crippen LogP contribution in [-0.2, 0) is 10.5 Å². The molecule has 9 heteroatoms. The maximum atomic E-state index is 13.8. The second-order valence-electron chi connectivity index (χ2n) is 7.53. The first kappa shape index (κ1) is 22.1. The standard InChI is InChI=1S/C23H25FN4O3S/c1-16-3-4-17(13-20(16)24)23-25-21(31-26-23)14-32-15-22(29)28-11-9-27(10-12-28)18-5-7-19(30-2)8-6-18/h3-8,13H,9-12,14-15H2,1-2H3. The van der Waals surface area contributed by atoms with Crippen LogP contribution in [0.1, 0.15) is 11.5 Å². The molecular weight excluding hydrogens is 431 g/mol. The number of amides is 1. The van der Waals surface area contributed by atoms with Gasteiger partial charge in [0.15, 0.2) is 0 Å². The molecule has 0 radical (unpaired) electrons. The van der Waals surface area contributed by atoms with Crippen LogP contribution in [0.4, 0.5) is 10.1 Å². The molecule has 1 aliphatic rings. The molecule has 1 amide bonds. The van der Waals surface area contributed by atoms with Crippen LogP contribution in [0, 0.1) is 12.7 Å². The molecule has 0 spiro atoms. The van der Waals surface area contributed by atoms with Crippen molar-refractivity contribution in [2.24, 2.45) is 0 Å². The van der Waals surface area contributed by atoms with Crippen LogP contribution < -0.4 is 9.64 Å². The predicted molar refractivity (Wildman–Crippen MR) is 122 cm³/mol. The van der Waals surface area contributed by atoms with Gasteiger partial charge in [-0.3, -0.25) is 4.79 Å². The van der Waals surface area contributed by atoms with E-state index < -0.39 is 0 Å². The number of methoxy groups -OCH3 is 1. The number of benzene rings is 2. The van der Waals surface area contributed by atoms with Crippen LogP contribution in [0.5, 0.6) is 5.75 Å². The molecule has 1 fully saturated rings. The number of hydrogen-bond acceptors (Lipinski definition) is 7. The summed E-state index contributed by atoms with van der Waals surface area (Å²) in [6.45, 7) is 4.67. The van der Waals surface area contributed by atoms with E-state index in [-0.39, 0.29) is 11.7 Å². The molecule has 1 aromatic heterocycles. The van der Waals surface area contributed by atoms with E-state index in [1.165, 1.54) is 17.8 Å². The number of halogens is 1. The van der Waals surface area contributed by atoms with Gasteiger partial charge in [0.2, 0.25) is 17.6 Å². The van der Waals surface area contributed by atoms with E-state index in [0.717, 1.165) is 24.5 Å². The Bertz CT molecular complexity index is 1070. The highest BCUT2D eigenvalue weighted by molar-refractivity contribution is 7.99. The van der Waals surface area contributed by atoms with Gasteiger partial charge in [0.25, 0.3) is 0 Å². The quantitative estimate of drug-likeness (QED) is 0.536. The Hall–Kier alpha value is -3.07. The number of aromatic nitrogens is 2. The third-order valence-corrected chi connectivity index (χ3v) is 6.32. The number of rotatable bonds is 7. The molecule has 32 heavy (non-hydrogen) atoms. The van der Waals surface area contributed by atoms with Gasteiger partial charge in [-0.25, -0.2) is 4.39 Å². The van der Waals surface area contributed by atoms with Gasteiger partial charge in [-0.2, -0.15) is 4.98 Å². The SMILES string of the molecule is COc1ccc(N2CCN(C(=O)CSCc3nc(-c4ccc(C)c(F)c4)no3)CC2)cc1. The topological polar surface area (TPSA) is 71.7 Å². The van der Waals surface area contributed by atoms with E-state index in [4.69, 9.17) is 9.26 Å². The summed E-state index contributed by atoms with van der Waals surface area (Å²) in [5, 5.41) is 3.92. The van der Waals surface area contributed by atoms with E-state index in [1.54, 1.807) is 26.2 Å². The number of hydrogen-bond donors (Lipinski definition) is 0. The first-order valence-corrected chi connectivity index (χ1v) is 11.5. The molecule has 168 valence electrons. The molecule has 0 bridgehead atoms. The van der Waals surface area contributed by atoms with Crippen molar-refractivity contribution in [3.05, 3.63) is 59.7 Å². The second kappa shape index (κ2) is 10.0. The zero-order valence-electron chi connectivity index (χ0n) is 18.1. The molecule has 4 rings (SSSR count). The molecule has 7 nitrogen and oxygen atoms in total. The Balaban J connectivity index is 1.22. The Kier molecular flexibility index (Phi) is 6.94. The van der Waals surface area contributed by atoms with Crippen molar-refractivity contribution in [2.75, 3.05) is 43.9 Å². The molecule has 0 aliphatic carbocycles. The lowest BCUT2D eigenvalue weighted by atomic mass is 10.1. The molecule has 0 saturated carbocycles. The van der Waals surface area contributed by atoms with Crippen LogP contribution in [0.25, 0.3) is 11.4 Å². The number of aryl methyl sites for hydroxylation is 1. The van der Waals surface area contributed by atoms with E-state index in [0.29, 0.717) is 47.4 Å². The van der Waals surface area contributed by atoms with Gasteiger partial charge in [0, 0.05) is 37.4 Å². The normalized spacial score (nSPS) is 14.0. The molecule has 1 saturated heterocycles. The van der Waals surface area contributed by atoms with E-state index >= 15 is 0 Å². The summed E-state index contributed by atoms with van der Waals surface area (Å²) in [5.74, 6) is 2.17. The average Bonchev–Trinajstić information content (AvgIpc) is 3.30. The number of nitrogens with zero attached hydrogens (tertiary/aromatic N) is 4. The summed E-state index contributed by atoms with van der Waals surface area (Å²) < 4.78 is 24.2. The fourth-order valence-corrected chi connectivity index (χ4v) is 4.24. The number of ether oxygens (including phenoxy) is 1. The lowest BCUT2D eigenvalue weighted by Crippen LogP contribution is -2.49. The van der Waals surface area contributed by atoms with Gasteiger partial charge >= 0.3 is 0 Å². The van der Waals surface area contributed by atoms with Crippen LogP contribution >= 0.6 is 11.8 Å². The molecule has 0 atom stereocenters. The summed E-state index contributed by atoms with van der Waals surface area (Å²) in [6.07, 6.45) is 0. The van der Waals surface area contributed by atoms with Gasteiger partial charge in [-0.15, -0.1) is 11.8 Å². The van der Waals surface area contributed by atoms with Crippen molar-refractivity contribution in [3.63, 3.8) is 0 Å². The molecule has 2 heterocycles. The lowest BCUT2D eigenvalue weighted by Gasteiger charge is -2.36. The third kappa shape index (κ3) is 5.21. The van der Waals surface area contributed by atoms with E-state index in [9.17, 15) is 9.18 Å². The zero-order valence-corrected chi connectivity index (χ0v) is 18.9. The molecule has 2 aromatic carbocycles. The minimum atomic E-state index is -0.305. The monoisotopic (exact) mass is 456 g/mol. The van der Waals surface area contributed by atoms with Gasteiger partial charge in [0.05, 0.1) is 18.6 Å². The number of piperazine rings is 1. The number of carbonyl (C=O) groups is 1. The highest BCUT2D eigenvalue weighted by Crippen LogP contribution is 2.22. The first-order chi connectivity index (χ1) is 15.5. The second-order valence-corrected chi connectivity index (χ2v) is 8.52. The Morgan fingerprint density at radius 3 is 2.59 bits per heavy atom. The van der Waals surface area contributed by atoms with Crippen molar-refractivity contribution in [3.8, 4) is 17.1 Å². The molecule has 1 aliphatic heterocycles. The molecule has 0 unspecified atom stereocenters. The maximum Gasteiger partial charge on any atom is 0.236 e. The summed E-state index contributed by atoms with van der Waals surface area (Å²) in [4.78, 5) is 21.0. The predicted octanol–water partition coefficient (Wildman–Crippen LogP) is 3.77. The highest BCUT2D eigenvalue weighted by atomic mass is 32.2. The third-order valence-electron chi connectivity index (χ3n) is 5.42. The fraction of sp³-hybridized carbons (Fsp3) is 0.348. The molecular formula is C23H25FN4O3S. The fourth-order valence-electron chi connectivity index (χ4n) is 3.49. The van der Waals surface area contributed by atoms with E-state index in [1.807, 2.05) is 29.2 Å². The average molecular weight is 457 g/mol. The number of thioether (sulfide) groups is 1. The Labute approximate surface area is 190 Å². The van der Waals surface area contributed by atoms with Crippen LogP contribution in [0.15, 0.2) is 47.0 Å². The Morgan fingerprint density at radius 2 is 1.91 bits per heavy atom. The minimum absolute atomic E-state index is 0.102. The van der Waals surface area contributed by atoms with Crippen LogP contribution in [-0.4, -0.2) is 60.0 Å².